The number of benzene rings is 1. The van der Waals surface area contributed by atoms with E-state index in [0.717, 1.165) is 12.0 Å². The monoisotopic (exact) mass is 336 g/mol. The van der Waals surface area contributed by atoms with Gasteiger partial charge in [-0.3, -0.25) is 4.79 Å². The number of rotatable bonds is 6. The number of ketones is 1. The molecule has 0 aromatic heterocycles. The smallest absolute Gasteiger partial charge is 0.189 e. The van der Waals surface area contributed by atoms with Gasteiger partial charge >= 0.3 is 0 Å². The molecule has 0 aliphatic heterocycles. The molecule has 1 aromatic rings. The summed E-state index contributed by atoms with van der Waals surface area (Å²) in [5, 5.41) is -1.07. The second kappa shape index (κ2) is 6.55. The minimum atomic E-state index is -3.73. The lowest BCUT2D eigenvalue weighted by Crippen LogP contribution is -2.38. The highest BCUT2D eigenvalue weighted by Gasteiger charge is 2.51. The highest BCUT2D eigenvalue weighted by molar-refractivity contribution is 7.93. The van der Waals surface area contributed by atoms with Gasteiger partial charge in [0.05, 0.1) is 11.0 Å². The lowest BCUT2D eigenvalue weighted by atomic mass is 10.0. The normalized spacial score (nSPS) is 27.1. The first-order valence-corrected chi connectivity index (χ1v) is 9.33. The molecule has 2 aliphatic carbocycles. The second-order valence-electron chi connectivity index (χ2n) is 5.78. The summed E-state index contributed by atoms with van der Waals surface area (Å²) in [4.78, 5) is 12.5. The average molecular weight is 336 g/mol. The van der Waals surface area contributed by atoms with E-state index in [0.29, 0.717) is 13.0 Å². The summed E-state index contributed by atoms with van der Waals surface area (Å²) in [6, 6.07) is 8.15. The number of hydrogen-bond acceptors (Lipinski definition) is 5. The average Bonchev–Trinajstić information content (AvgIpc) is 3.07. The van der Waals surface area contributed by atoms with Gasteiger partial charge in [0.1, 0.15) is 12.0 Å². The number of sulfone groups is 1. The number of ether oxygens (including phenoxy) is 2. The summed E-state index contributed by atoms with van der Waals surface area (Å²) in [7, 11) is -3.73. The van der Waals surface area contributed by atoms with Gasteiger partial charge in [-0.15, -0.1) is 0 Å². The number of fused-ring (bicyclic) bond motifs is 1. The first-order valence-electron chi connectivity index (χ1n) is 7.78. The van der Waals surface area contributed by atoms with Gasteiger partial charge < -0.3 is 9.47 Å². The third kappa shape index (κ3) is 2.98. The Balaban J connectivity index is 1.88. The Morgan fingerprint density at radius 3 is 2.65 bits per heavy atom. The lowest BCUT2D eigenvalue weighted by Gasteiger charge is -2.24. The van der Waals surface area contributed by atoms with Gasteiger partial charge in [-0.2, -0.15) is 0 Å². The summed E-state index contributed by atoms with van der Waals surface area (Å²) < 4.78 is 36.7. The minimum absolute atomic E-state index is 0.122. The number of carbonyl (C=O) groups is 1. The van der Waals surface area contributed by atoms with Crippen molar-refractivity contribution in [1.29, 1.82) is 0 Å². The molecule has 0 unspecified atom stereocenters. The lowest BCUT2D eigenvalue weighted by molar-refractivity contribution is -0.117. The predicted octanol–water partition coefficient (Wildman–Crippen LogP) is 2.13. The number of carbonyl (C=O) groups excluding carboxylic acids is 1. The van der Waals surface area contributed by atoms with Crippen molar-refractivity contribution < 1.29 is 22.7 Å². The maximum Gasteiger partial charge on any atom is 0.189 e. The van der Waals surface area contributed by atoms with Crippen molar-refractivity contribution in [2.75, 3.05) is 13.4 Å². The van der Waals surface area contributed by atoms with E-state index in [1.54, 1.807) is 18.2 Å². The quantitative estimate of drug-likeness (QED) is 0.588. The van der Waals surface area contributed by atoms with Crippen LogP contribution in [0.4, 0.5) is 0 Å². The van der Waals surface area contributed by atoms with Crippen LogP contribution in [-0.2, 0) is 24.1 Å². The van der Waals surface area contributed by atoms with Crippen LogP contribution in [0.5, 0.6) is 0 Å². The summed E-state index contributed by atoms with van der Waals surface area (Å²) in [6.07, 6.45) is 2.63. The van der Waals surface area contributed by atoms with Gasteiger partial charge in [-0.25, -0.2) is 8.42 Å². The highest BCUT2D eigenvalue weighted by atomic mass is 32.2. The Bertz CT molecular complexity index is 708. The minimum Gasteiger partial charge on any atom is -0.356 e. The fourth-order valence-electron chi connectivity index (χ4n) is 3.40. The van der Waals surface area contributed by atoms with E-state index in [-0.39, 0.29) is 23.6 Å². The summed E-state index contributed by atoms with van der Waals surface area (Å²) >= 11 is 0. The second-order valence-corrected chi connectivity index (χ2v) is 7.85. The Kier molecular flexibility index (Phi) is 4.66. The van der Waals surface area contributed by atoms with Gasteiger partial charge in [0, 0.05) is 12.5 Å². The number of allylic oxidation sites excluding steroid dienone is 1. The molecule has 0 bridgehead atoms. The molecule has 124 valence electrons. The van der Waals surface area contributed by atoms with Gasteiger partial charge in [0.25, 0.3) is 0 Å². The van der Waals surface area contributed by atoms with Gasteiger partial charge in [0.2, 0.25) is 0 Å². The maximum atomic E-state index is 12.9. The molecule has 0 saturated heterocycles. The Hall–Kier alpha value is -1.50. The van der Waals surface area contributed by atoms with Gasteiger partial charge in [-0.1, -0.05) is 23.8 Å². The van der Waals surface area contributed by atoms with E-state index >= 15 is 0 Å². The van der Waals surface area contributed by atoms with E-state index in [4.69, 9.17) is 9.47 Å². The standard InChI is InChI=1S/C17H20O5S/c1-2-21-11-22-15-9-8-12-10-14(18)17(16(12)15)23(19,20)13-6-4-3-5-7-13/h3-7,10,15-17H,2,8-9,11H2,1H3/t15-,16-,17+/m1/s1. The topological polar surface area (TPSA) is 69.7 Å². The van der Waals surface area contributed by atoms with Crippen LogP contribution in [0.1, 0.15) is 19.8 Å². The molecule has 1 aromatic carbocycles. The van der Waals surface area contributed by atoms with Crippen LogP contribution in [0, 0.1) is 5.92 Å². The third-order valence-corrected chi connectivity index (χ3v) is 6.58. The van der Waals surface area contributed by atoms with Crippen LogP contribution in [0.25, 0.3) is 0 Å². The van der Waals surface area contributed by atoms with Crippen molar-refractivity contribution in [3.8, 4) is 0 Å². The van der Waals surface area contributed by atoms with Crippen LogP contribution >= 0.6 is 0 Å². The molecule has 6 heteroatoms. The van der Waals surface area contributed by atoms with Crippen LogP contribution in [0.3, 0.4) is 0 Å². The molecule has 3 rings (SSSR count). The van der Waals surface area contributed by atoms with Crippen molar-refractivity contribution in [3.63, 3.8) is 0 Å². The van der Waals surface area contributed by atoms with Crippen molar-refractivity contribution >= 4 is 15.6 Å². The van der Waals surface area contributed by atoms with Crippen LogP contribution in [-0.4, -0.2) is 39.0 Å². The molecule has 23 heavy (non-hydrogen) atoms. The predicted molar refractivity (Wildman–Crippen MR) is 84.6 cm³/mol. The highest BCUT2D eigenvalue weighted by Crippen LogP contribution is 2.44. The first kappa shape index (κ1) is 16.4. The van der Waals surface area contributed by atoms with Crippen molar-refractivity contribution in [1.82, 2.24) is 0 Å². The summed E-state index contributed by atoms with van der Waals surface area (Å²) in [5.41, 5.74) is 0.890. The van der Waals surface area contributed by atoms with Crippen molar-refractivity contribution in [2.45, 2.75) is 36.0 Å². The molecule has 1 saturated carbocycles. The molecule has 2 aliphatic rings. The largest absolute Gasteiger partial charge is 0.356 e. The van der Waals surface area contributed by atoms with E-state index < -0.39 is 21.0 Å². The number of hydrogen-bond donors (Lipinski definition) is 0. The van der Waals surface area contributed by atoms with Gasteiger partial charge in [0.15, 0.2) is 15.6 Å². The molecular weight excluding hydrogens is 316 g/mol. The molecule has 0 amide bonds. The molecule has 3 atom stereocenters. The fraction of sp³-hybridized carbons (Fsp3) is 0.471. The maximum absolute atomic E-state index is 12.9. The zero-order valence-corrected chi connectivity index (χ0v) is 13.8. The Morgan fingerprint density at radius 2 is 1.96 bits per heavy atom. The molecular formula is C17H20O5S. The third-order valence-electron chi connectivity index (χ3n) is 4.46. The molecule has 0 N–H and O–H groups in total. The van der Waals surface area contributed by atoms with Crippen molar-refractivity contribution in [2.24, 2.45) is 5.92 Å². The van der Waals surface area contributed by atoms with Gasteiger partial charge in [-0.05, 0) is 38.0 Å². The Morgan fingerprint density at radius 1 is 1.22 bits per heavy atom. The van der Waals surface area contributed by atoms with Crippen LogP contribution < -0.4 is 0 Å². The van der Waals surface area contributed by atoms with E-state index in [2.05, 4.69) is 0 Å². The zero-order chi connectivity index (χ0) is 16.4. The molecule has 0 radical (unpaired) electrons. The van der Waals surface area contributed by atoms with E-state index in [1.165, 1.54) is 18.2 Å². The SMILES string of the molecule is CCOCO[C@@H]1CCC2=CC(=O)[C@H](S(=O)(=O)c3ccccc3)[C@H]21. The Labute approximate surface area is 136 Å². The van der Waals surface area contributed by atoms with Crippen LogP contribution in [0.2, 0.25) is 0 Å². The van der Waals surface area contributed by atoms with E-state index in [1.807, 2.05) is 6.92 Å². The van der Waals surface area contributed by atoms with E-state index in [9.17, 15) is 13.2 Å². The van der Waals surface area contributed by atoms with Crippen LogP contribution in [0.15, 0.2) is 46.9 Å². The molecule has 5 nitrogen and oxygen atoms in total. The summed E-state index contributed by atoms with van der Waals surface area (Å²) in [6.45, 7) is 2.52. The zero-order valence-electron chi connectivity index (χ0n) is 13.0. The fourth-order valence-corrected chi connectivity index (χ4v) is 5.34. The molecule has 0 heterocycles. The van der Waals surface area contributed by atoms with Crippen molar-refractivity contribution in [3.05, 3.63) is 42.0 Å². The molecule has 0 spiro atoms. The molecule has 1 fully saturated rings. The first-order chi connectivity index (χ1) is 11.1. The summed E-state index contributed by atoms with van der Waals surface area (Å²) in [5.74, 6) is -0.730.